The van der Waals surface area contributed by atoms with Crippen LogP contribution >= 0.6 is 0 Å². The van der Waals surface area contributed by atoms with E-state index in [1.165, 1.54) is 30.2 Å². The minimum Gasteiger partial charge on any atom is -0.301 e. The number of amides is 1. The minimum atomic E-state index is -3.91. The van der Waals surface area contributed by atoms with Gasteiger partial charge in [0.25, 0.3) is 16.0 Å². The van der Waals surface area contributed by atoms with Gasteiger partial charge in [0.2, 0.25) is 0 Å². The Morgan fingerprint density at radius 3 is 2.53 bits per heavy atom. The van der Waals surface area contributed by atoms with Crippen LogP contribution in [0.3, 0.4) is 0 Å². The number of hydrogen-bond donors (Lipinski definition) is 0. The van der Waals surface area contributed by atoms with Crippen molar-refractivity contribution in [3.8, 4) is 0 Å². The van der Waals surface area contributed by atoms with Crippen molar-refractivity contribution in [2.24, 2.45) is 0 Å². The predicted octanol–water partition coefficient (Wildman–Crippen LogP) is 3.01. The predicted molar refractivity (Wildman–Crippen MR) is 133 cm³/mol. The zero-order valence-electron chi connectivity index (χ0n) is 19.5. The summed E-state index contributed by atoms with van der Waals surface area (Å²) in [5, 5.41) is 1.93. The average molecular weight is 503 g/mol. The van der Waals surface area contributed by atoms with E-state index in [0.717, 1.165) is 27.9 Å². The van der Waals surface area contributed by atoms with Gasteiger partial charge in [-0.05, 0) is 47.4 Å². The third-order valence-electron chi connectivity index (χ3n) is 7.13. The Hall–Kier alpha value is -3.62. The number of benzene rings is 2. The molecule has 8 heteroatoms. The van der Waals surface area contributed by atoms with Gasteiger partial charge in [-0.25, -0.2) is 4.39 Å². The van der Waals surface area contributed by atoms with Crippen molar-refractivity contribution in [1.82, 2.24) is 9.88 Å². The molecule has 0 bridgehead atoms. The van der Waals surface area contributed by atoms with E-state index in [2.05, 4.69) is 29.3 Å². The summed E-state index contributed by atoms with van der Waals surface area (Å²) in [6, 6.07) is 18.0. The standard InChI is InChI=1S/C28H23FN2O4S/c1-2-36(33,34)35-27-26(24-14-12-18(29)16-30-24)31(28(27)32)25-15-23-19-8-4-3-7-17(19)11-13-21(23)20-9-5-6-10-22(20)25/h3-14,16,23,26-27H,2,15H2,1H3/t23?,26-,27-/m0/s1. The van der Waals surface area contributed by atoms with E-state index in [1.807, 2.05) is 36.4 Å². The molecule has 182 valence electrons. The number of hydrogen-bond acceptors (Lipinski definition) is 5. The van der Waals surface area contributed by atoms with Crippen LogP contribution in [0.25, 0.3) is 17.3 Å². The van der Waals surface area contributed by atoms with Crippen LogP contribution in [-0.2, 0) is 19.1 Å². The van der Waals surface area contributed by atoms with Gasteiger partial charge in [-0.2, -0.15) is 8.42 Å². The van der Waals surface area contributed by atoms with Crippen molar-refractivity contribution in [2.75, 3.05) is 5.75 Å². The van der Waals surface area contributed by atoms with Gasteiger partial charge < -0.3 is 4.90 Å². The number of aromatic nitrogens is 1. The Labute approximate surface area is 208 Å². The number of nitrogens with zero attached hydrogens (tertiary/aromatic N) is 2. The Kier molecular flexibility index (Phi) is 5.39. The lowest BCUT2D eigenvalue weighted by atomic mass is 9.76. The van der Waals surface area contributed by atoms with Crippen molar-refractivity contribution in [2.45, 2.75) is 31.4 Å². The molecule has 0 spiro atoms. The first-order chi connectivity index (χ1) is 17.4. The topological polar surface area (TPSA) is 76.6 Å². The molecule has 0 radical (unpaired) electrons. The SMILES string of the molecule is CCS(=O)(=O)O[C@@H]1C(=O)N(C2=c3ccccc3=C3C=Cc4ccccc4C3C2)[C@H]1c1ccc(F)cn1. The Morgan fingerprint density at radius 1 is 1.03 bits per heavy atom. The molecule has 1 amide bonds. The number of β-lactam (4-membered cyclic amide) rings is 1. The van der Waals surface area contributed by atoms with E-state index in [-0.39, 0.29) is 11.7 Å². The van der Waals surface area contributed by atoms with Gasteiger partial charge in [-0.15, -0.1) is 0 Å². The fourth-order valence-electron chi connectivity index (χ4n) is 5.39. The number of halogens is 1. The van der Waals surface area contributed by atoms with Crippen LogP contribution in [0.15, 0.2) is 72.9 Å². The van der Waals surface area contributed by atoms with E-state index < -0.39 is 34.0 Å². The van der Waals surface area contributed by atoms with Crippen molar-refractivity contribution >= 4 is 33.4 Å². The minimum absolute atomic E-state index is 0.0325. The zero-order chi connectivity index (χ0) is 25.0. The highest BCUT2D eigenvalue weighted by molar-refractivity contribution is 7.86. The maximum absolute atomic E-state index is 13.7. The monoisotopic (exact) mass is 502 g/mol. The van der Waals surface area contributed by atoms with Gasteiger partial charge in [0, 0.05) is 16.8 Å². The van der Waals surface area contributed by atoms with Gasteiger partial charge in [-0.3, -0.25) is 14.0 Å². The highest BCUT2D eigenvalue weighted by Crippen LogP contribution is 2.46. The number of allylic oxidation sites excluding steroid dienone is 1. The zero-order valence-corrected chi connectivity index (χ0v) is 20.3. The molecule has 2 heterocycles. The number of carbonyl (C=O) groups excluding carboxylic acids is 1. The van der Waals surface area contributed by atoms with Gasteiger partial charge >= 0.3 is 0 Å². The fourth-order valence-corrected chi connectivity index (χ4v) is 6.03. The maximum Gasteiger partial charge on any atom is 0.267 e. The molecule has 3 aliphatic rings. The van der Waals surface area contributed by atoms with Crippen LogP contribution in [0.4, 0.5) is 4.39 Å². The summed E-state index contributed by atoms with van der Waals surface area (Å²) >= 11 is 0. The number of likely N-dealkylation sites (tertiary alicyclic amines) is 1. The molecule has 1 aliphatic heterocycles. The molecule has 6 rings (SSSR count). The normalized spacial score (nSPS) is 22.6. The Bertz CT molecular complexity index is 1650. The summed E-state index contributed by atoms with van der Waals surface area (Å²) in [5.74, 6) is -1.19. The molecule has 1 aromatic heterocycles. The highest BCUT2D eigenvalue weighted by atomic mass is 32.2. The van der Waals surface area contributed by atoms with E-state index >= 15 is 0 Å². The Morgan fingerprint density at radius 2 is 1.78 bits per heavy atom. The van der Waals surface area contributed by atoms with Crippen LogP contribution in [-0.4, -0.2) is 36.1 Å². The van der Waals surface area contributed by atoms with Gasteiger partial charge in [0.1, 0.15) is 11.9 Å². The molecule has 3 aromatic rings. The smallest absolute Gasteiger partial charge is 0.267 e. The van der Waals surface area contributed by atoms with Crippen LogP contribution in [0.2, 0.25) is 0 Å². The van der Waals surface area contributed by atoms with E-state index in [9.17, 15) is 17.6 Å². The summed E-state index contributed by atoms with van der Waals surface area (Å²) in [5.41, 5.74) is 4.63. The molecule has 1 saturated heterocycles. The van der Waals surface area contributed by atoms with Crippen LogP contribution < -0.4 is 10.4 Å². The first-order valence-electron chi connectivity index (χ1n) is 11.8. The van der Waals surface area contributed by atoms with E-state index in [4.69, 9.17) is 4.18 Å². The summed E-state index contributed by atoms with van der Waals surface area (Å²) in [6.07, 6.45) is 4.61. The van der Waals surface area contributed by atoms with Crippen LogP contribution in [0, 0.1) is 5.82 Å². The molecule has 36 heavy (non-hydrogen) atoms. The van der Waals surface area contributed by atoms with E-state index in [1.54, 1.807) is 4.90 Å². The first kappa shape index (κ1) is 22.8. The lowest BCUT2D eigenvalue weighted by Crippen LogP contribution is -2.61. The molecule has 1 fully saturated rings. The van der Waals surface area contributed by atoms with Crippen molar-refractivity contribution < 1.29 is 21.8 Å². The van der Waals surface area contributed by atoms with Gasteiger partial charge in [0.15, 0.2) is 6.10 Å². The van der Waals surface area contributed by atoms with Crippen LogP contribution in [0.5, 0.6) is 0 Å². The number of carbonyl (C=O) groups is 1. The second-order valence-corrected chi connectivity index (χ2v) is 11.0. The summed E-state index contributed by atoms with van der Waals surface area (Å²) < 4.78 is 43.6. The lowest BCUT2D eigenvalue weighted by Gasteiger charge is -2.48. The molecule has 2 aromatic carbocycles. The lowest BCUT2D eigenvalue weighted by molar-refractivity contribution is -0.156. The number of rotatable bonds is 5. The largest absolute Gasteiger partial charge is 0.301 e. The van der Waals surface area contributed by atoms with Crippen LogP contribution in [0.1, 0.15) is 42.1 Å². The second kappa shape index (κ2) is 8.50. The molecule has 6 nitrogen and oxygen atoms in total. The summed E-state index contributed by atoms with van der Waals surface area (Å²) in [4.78, 5) is 19.3. The third-order valence-corrected chi connectivity index (χ3v) is 8.34. The molecule has 3 atom stereocenters. The molecule has 0 N–H and O–H groups in total. The van der Waals surface area contributed by atoms with Crippen molar-refractivity contribution in [3.05, 3.63) is 106 Å². The molecular weight excluding hydrogens is 479 g/mol. The van der Waals surface area contributed by atoms with E-state index in [0.29, 0.717) is 12.1 Å². The average Bonchev–Trinajstić information content (AvgIpc) is 2.90. The summed E-state index contributed by atoms with van der Waals surface area (Å²) in [7, 11) is -3.91. The van der Waals surface area contributed by atoms with Crippen molar-refractivity contribution in [1.29, 1.82) is 0 Å². The van der Waals surface area contributed by atoms with Gasteiger partial charge in [0.05, 0.1) is 17.6 Å². The second-order valence-electron chi connectivity index (χ2n) is 9.08. The third kappa shape index (κ3) is 3.60. The number of fused-ring (bicyclic) bond motifs is 4. The molecule has 1 unspecified atom stereocenters. The highest BCUT2D eigenvalue weighted by Gasteiger charge is 2.54. The van der Waals surface area contributed by atoms with Crippen molar-refractivity contribution in [3.63, 3.8) is 0 Å². The number of pyridine rings is 1. The maximum atomic E-state index is 13.7. The molecule has 0 saturated carbocycles. The summed E-state index contributed by atoms with van der Waals surface area (Å²) in [6.45, 7) is 1.46. The first-order valence-corrected chi connectivity index (χ1v) is 13.4. The van der Waals surface area contributed by atoms with Gasteiger partial charge in [-0.1, -0.05) is 60.7 Å². The molecule has 2 aliphatic carbocycles. The Balaban J connectivity index is 1.53. The quantitative estimate of drug-likeness (QED) is 0.396. The molecular formula is C28H23FN2O4S. The fraction of sp³-hybridized carbons (Fsp3) is 0.214.